The fraction of sp³-hybridized carbons (Fsp3) is 0.850. The van der Waals surface area contributed by atoms with E-state index in [0.717, 1.165) is 38.0 Å². The van der Waals surface area contributed by atoms with Gasteiger partial charge in [-0.1, -0.05) is 25.5 Å². The third kappa shape index (κ3) is 2.25. The summed E-state index contributed by atoms with van der Waals surface area (Å²) in [5, 5.41) is 22.0. The maximum atomic E-state index is 11.2. The molecule has 4 nitrogen and oxygen atoms in total. The molecule has 4 aliphatic carbocycles. The van der Waals surface area contributed by atoms with Crippen LogP contribution in [-0.2, 0) is 0 Å². The molecule has 24 heavy (non-hydrogen) atoms. The number of allylic oxidation sites excluding steroid dienone is 1. The number of carboxylic acid groups (broad SMARTS) is 1. The van der Waals surface area contributed by atoms with Crippen molar-refractivity contribution in [1.82, 2.24) is 5.32 Å². The first-order valence-corrected chi connectivity index (χ1v) is 9.73. The van der Waals surface area contributed by atoms with Gasteiger partial charge < -0.3 is 15.5 Å². The van der Waals surface area contributed by atoms with E-state index >= 15 is 0 Å². The molecule has 0 aromatic heterocycles. The first kappa shape index (κ1) is 16.4. The highest BCUT2D eigenvalue weighted by atomic mass is 16.4. The second kappa shape index (κ2) is 5.48. The smallest absolute Gasteiger partial charge is 0.404 e. The highest BCUT2D eigenvalue weighted by Crippen LogP contribution is 2.65. The molecule has 4 rings (SSSR count). The molecule has 0 radical (unpaired) electrons. The molecule has 3 saturated carbocycles. The van der Waals surface area contributed by atoms with Crippen LogP contribution in [0.2, 0.25) is 0 Å². The van der Waals surface area contributed by atoms with Crippen molar-refractivity contribution in [1.29, 1.82) is 0 Å². The Hall–Kier alpha value is -1.03. The number of aliphatic hydroxyl groups excluding tert-OH is 1. The van der Waals surface area contributed by atoms with E-state index in [0.29, 0.717) is 11.8 Å². The Morgan fingerprint density at radius 2 is 1.92 bits per heavy atom. The second-order valence-electron chi connectivity index (χ2n) is 9.25. The molecular formula is C20H31NO3. The van der Waals surface area contributed by atoms with Crippen LogP contribution in [0.15, 0.2) is 11.6 Å². The number of hydrogen-bond donors (Lipinski definition) is 3. The van der Waals surface area contributed by atoms with Crippen molar-refractivity contribution in [3.05, 3.63) is 11.6 Å². The van der Waals surface area contributed by atoms with E-state index in [1.165, 1.54) is 24.8 Å². The third-order valence-corrected chi connectivity index (χ3v) is 8.39. The van der Waals surface area contributed by atoms with Gasteiger partial charge in [-0.3, -0.25) is 0 Å². The summed E-state index contributed by atoms with van der Waals surface area (Å²) < 4.78 is 0. The molecule has 3 N–H and O–H groups in total. The van der Waals surface area contributed by atoms with Crippen molar-refractivity contribution in [2.75, 3.05) is 0 Å². The molecule has 0 heterocycles. The fourth-order valence-electron chi connectivity index (χ4n) is 7.10. The molecule has 0 spiro atoms. The van der Waals surface area contributed by atoms with Gasteiger partial charge in [0.15, 0.2) is 0 Å². The molecule has 7 atom stereocenters. The molecule has 0 saturated heterocycles. The standard InChI is InChI=1S/C20H31NO3/c1-19-9-7-13(22)11-12(19)3-4-14-15-5-6-17(21-18(23)24)20(15,2)10-8-16(14)19/h11,13-17,21-22H,3-10H2,1-2H3,(H,23,24)/t13-,14?,15?,16?,17?,19-,20-/m0/s1. The summed E-state index contributed by atoms with van der Waals surface area (Å²) in [4.78, 5) is 11.2. The summed E-state index contributed by atoms with van der Waals surface area (Å²) in [5.41, 5.74) is 1.90. The van der Waals surface area contributed by atoms with Crippen LogP contribution < -0.4 is 5.32 Å². The lowest BCUT2D eigenvalue weighted by Crippen LogP contribution is -2.54. The highest BCUT2D eigenvalue weighted by molar-refractivity contribution is 5.65. The number of hydrogen-bond acceptors (Lipinski definition) is 2. The summed E-state index contributed by atoms with van der Waals surface area (Å²) in [6.07, 6.45) is 9.90. The number of fused-ring (bicyclic) bond motifs is 5. The van der Waals surface area contributed by atoms with Gasteiger partial charge in [0.25, 0.3) is 0 Å². The Labute approximate surface area is 144 Å². The highest BCUT2D eigenvalue weighted by Gasteiger charge is 2.59. The van der Waals surface area contributed by atoms with Crippen molar-refractivity contribution in [2.24, 2.45) is 28.6 Å². The van der Waals surface area contributed by atoms with Gasteiger partial charge in [0.05, 0.1) is 6.10 Å². The molecule has 4 aliphatic rings. The van der Waals surface area contributed by atoms with Crippen molar-refractivity contribution in [2.45, 2.75) is 77.4 Å². The van der Waals surface area contributed by atoms with Crippen LogP contribution in [0.3, 0.4) is 0 Å². The van der Waals surface area contributed by atoms with Crippen LogP contribution in [0, 0.1) is 28.6 Å². The number of nitrogens with one attached hydrogen (secondary N) is 1. The van der Waals surface area contributed by atoms with Gasteiger partial charge in [-0.25, -0.2) is 4.79 Å². The van der Waals surface area contributed by atoms with Gasteiger partial charge >= 0.3 is 6.09 Å². The Morgan fingerprint density at radius 3 is 2.67 bits per heavy atom. The van der Waals surface area contributed by atoms with Crippen LogP contribution in [0.4, 0.5) is 4.79 Å². The molecule has 0 bridgehead atoms. The average molecular weight is 333 g/mol. The molecule has 0 aliphatic heterocycles. The zero-order chi connectivity index (χ0) is 17.1. The lowest BCUT2D eigenvalue weighted by atomic mass is 9.47. The third-order valence-electron chi connectivity index (χ3n) is 8.39. The van der Waals surface area contributed by atoms with Crippen LogP contribution >= 0.6 is 0 Å². The minimum Gasteiger partial charge on any atom is -0.465 e. The number of carbonyl (C=O) groups is 1. The predicted molar refractivity (Wildman–Crippen MR) is 92.7 cm³/mol. The zero-order valence-electron chi connectivity index (χ0n) is 14.9. The van der Waals surface area contributed by atoms with Crippen LogP contribution in [-0.4, -0.2) is 28.5 Å². The number of rotatable bonds is 1. The van der Waals surface area contributed by atoms with Gasteiger partial charge in [-0.2, -0.15) is 0 Å². The zero-order valence-corrected chi connectivity index (χ0v) is 14.9. The van der Waals surface area contributed by atoms with E-state index in [1.807, 2.05) is 0 Å². The van der Waals surface area contributed by atoms with E-state index in [9.17, 15) is 15.0 Å². The first-order valence-electron chi connectivity index (χ1n) is 9.73. The molecule has 1 amide bonds. The molecular weight excluding hydrogens is 302 g/mol. The van der Waals surface area contributed by atoms with E-state index in [4.69, 9.17) is 0 Å². The quantitative estimate of drug-likeness (QED) is 0.636. The lowest BCUT2D eigenvalue weighted by Gasteiger charge is -2.58. The van der Waals surface area contributed by atoms with Crippen LogP contribution in [0.25, 0.3) is 0 Å². The fourth-order valence-corrected chi connectivity index (χ4v) is 7.10. The van der Waals surface area contributed by atoms with E-state index in [1.54, 1.807) is 0 Å². The SMILES string of the molecule is C[C@]12CCC3C(CCC4=C[C@@H](O)CC[C@@]43C)C1CCC2NC(=O)O. The molecule has 3 fully saturated rings. The molecule has 4 unspecified atom stereocenters. The molecule has 0 aromatic carbocycles. The first-order chi connectivity index (χ1) is 11.3. The Bertz CT molecular complexity index is 573. The monoisotopic (exact) mass is 333 g/mol. The van der Waals surface area contributed by atoms with Crippen molar-refractivity contribution in [3.8, 4) is 0 Å². The van der Waals surface area contributed by atoms with Gasteiger partial charge in [0.1, 0.15) is 0 Å². The maximum Gasteiger partial charge on any atom is 0.404 e. The van der Waals surface area contributed by atoms with E-state index in [2.05, 4.69) is 25.2 Å². The molecule has 4 heteroatoms. The Balaban J connectivity index is 1.61. The van der Waals surface area contributed by atoms with Crippen molar-refractivity contribution >= 4 is 6.09 Å². The largest absolute Gasteiger partial charge is 0.465 e. The van der Waals surface area contributed by atoms with Gasteiger partial charge in [-0.15, -0.1) is 0 Å². The summed E-state index contributed by atoms with van der Waals surface area (Å²) >= 11 is 0. The lowest BCUT2D eigenvalue weighted by molar-refractivity contribution is -0.0480. The van der Waals surface area contributed by atoms with Crippen LogP contribution in [0.1, 0.15) is 65.2 Å². The number of aliphatic hydroxyl groups is 1. The summed E-state index contributed by atoms with van der Waals surface area (Å²) in [6, 6.07) is 0.124. The van der Waals surface area contributed by atoms with Crippen molar-refractivity contribution in [3.63, 3.8) is 0 Å². The van der Waals surface area contributed by atoms with Gasteiger partial charge in [-0.05, 0) is 80.0 Å². The second-order valence-corrected chi connectivity index (χ2v) is 9.25. The Kier molecular flexibility index (Phi) is 3.76. The van der Waals surface area contributed by atoms with Gasteiger partial charge in [0.2, 0.25) is 0 Å². The summed E-state index contributed by atoms with van der Waals surface area (Å²) in [5.74, 6) is 2.09. The van der Waals surface area contributed by atoms with Crippen LogP contribution in [0.5, 0.6) is 0 Å². The van der Waals surface area contributed by atoms with E-state index in [-0.39, 0.29) is 23.0 Å². The maximum absolute atomic E-state index is 11.2. The predicted octanol–water partition coefficient (Wildman–Crippen LogP) is 3.95. The minimum atomic E-state index is -0.869. The number of amides is 1. The van der Waals surface area contributed by atoms with Crippen molar-refractivity contribution < 1.29 is 15.0 Å². The molecule has 0 aromatic rings. The summed E-state index contributed by atoms with van der Waals surface area (Å²) in [6.45, 7) is 4.77. The average Bonchev–Trinajstić information content (AvgIpc) is 2.84. The minimum absolute atomic E-state index is 0.124. The Morgan fingerprint density at radius 1 is 1.12 bits per heavy atom. The normalized spacial score (nSPS) is 50.3. The van der Waals surface area contributed by atoms with E-state index < -0.39 is 6.09 Å². The molecule has 134 valence electrons. The van der Waals surface area contributed by atoms with Gasteiger partial charge in [0, 0.05) is 6.04 Å². The summed E-state index contributed by atoms with van der Waals surface area (Å²) in [7, 11) is 0. The topological polar surface area (TPSA) is 69.6 Å².